The van der Waals surface area contributed by atoms with Crippen LogP contribution < -0.4 is 10.2 Å². The predicted octanol–water partition coefficient (Wildman–Crippen LogP) is 7.16. The number of hydrogen-bond acceptors (Lipinski definition) is 5. The van der Waals surface area contributed by atoms with Gasteiger partial charge in [0, 0.05) is 43.0 Å². The van der Waals surface area contributed by atoms with Crippen LogP contribution in [0.2, 0.25) is 5.15 Å². The van der Waals surface area contributed by atoms with Crippen LogP contribution in [0.25, 0.3) is 33.5 Å². The number of carbonyl (C=O) groups is 1. The summed E-state index contributed by atoms with van der Waals surface area (Å²) in [7, 11) is 0. The maximum atomic E-state index is 14.5. The van der Waals surface area contributed by atoms with E-state index in [0.29, 0.717) is 53.8 Å². The van der Waals surface area contributed by atoms with E-state index in [9.17, 15) is 18.0 Å². The number of hydrogen-bond donors (Lipinski definition) is 2. The van der Waals surface area contributed by atoms with Gasteiger partial charge in [0.2, 0.25) is 0 Å². The quantitative estimate of drug-likeness (QED) is 0.254. The van der Waals surface area contributed by atoms with Gasteiger partial charge in [0.25, 0.3) is 0 Å². The van der Waals surface area contributed by atoms with E-state index in [1.165, 1.54) is 12.1 Å². The predicted molar refractivity (Wildman–Crippen MR) is 149 cm³/mol. The molecule has 5 rings (SSSR count). The molecular weight excluding hydrogens is 543 g/mol. The fraction of sp³-hybridized carbons (Fsp3) is 0.345. The number of carbonyl (C=O) groups excluding carboxylic acids is 1. The Kier molecular flexibility index (Phi) is 7.39. The van der Waals surface area contributed by atoms with Gasteiger partial charge in [0.1, 0.15) is 22.4 Å². The van der Waals surface area contributed by atoms with E-state index in [-0.39, 0.29) is 22.5 Å². The van der Waals surface area contributed by atoms with Crippen LogP contribution in [-0.4, -0.2) is 45.8 Å². The lowest BCUT2D eigenvalue weighted by molar-refractivity contribution is 0.0497. The molecule has 0 radical (unpaired) electrons. The van der Waals surface area contributed by atoms with Crippen molar-refractivity contribution in [2.75, 3.05) is 18.0 Å². The zero-order valence-corrected chi connectivity index (χ0v) is 23.3. The molecule has 1 fully saturated rings. The Morgan fingerprint density at radius 2 is 1.80 bits per heavy atom. The van der Waals surface area contributed by atoms with Gasteiger partial charge in [-0.05, 0) is 63.8 Å². The first-order valence-electron chi connectivity index (χ1n) is 12.9. The maximum absolute atomic E-state index is 14.5. The molecule has 2 N–H and O–H groups in total. The highest BCUT2D eigenvalue weighted by molar-refractivity contribution is 6.33. The van der Waals surface area contributed by atoms with Crippen molar-refractivity contribution in [2.45, 2.75) is 52.2 Å². The Labute approximate surface area is 234 Å². The molecule has 0 saturated carbocycles. The lowest BCUT2D eigenvalue weighted by atomic mass is 9.97. The lowest BCUT2D eigenvalue weighted by Gasteiger charge is -2.36. The van der Waals surface area contributed by atoms with Crippen LogP contribution in [0, 0.1) is 24.4 Å². The first kappa shape index (κ1) is 27.8. The summed E-state index contributed by atoms with van der Waals surface area (Å²) >= 11 is 6.66. The van der Waals surface area contributed by atoms with E-state index in [0.717, 1.165) is 17.7 Å². The lowest BCUT2D eigenvalue weighted by Crippen LogP contribution is -2.46. The number of rotatable bonds is 4. The highest BCUT2D eigenvalue weighted by atomic mass is 35.5. The Bertz CT molecular complexity index is 1530. The van der Waals surface area contributed by atoms with Crippen molar-refractivity contribution in [3.8, 4) is 22.5 Å². The maximum Gasteiger partial charge on any atom is 0.407 e. The summed E-state index contributed by atoms with van der Waals surface area (Å²) < 4.78 is 47.8. The van der Waals surface area contributed by atoms with E-state index in [1.54, 1.807) is 33.9 Å². The van der Waals surface area contributed by atoms with E-state index >= 15 is 0 Å². The second-order valence-electron chi connectivity index (χ2n) is 11.0. The Morgan fingerprint density at radius 3 is 2.48 bits per heavy atom. The number of alkyl carbamates (subject to hydrolysis) is 1. The van der Waals surface area contributed by atoms with Gasteiger partial charge in [0.15, 0.2) is 11.6 Å². The molecule has 7 nitrogen and oxygen atoms in total. The third-order valence-electron chi connectivity index (χ3n) is 6.65. The Hall–Kier alpha value is -3.79. The molecular formula is C29H29ClF3N5O2. The van der Waals surface area contributed by atoms with E-state index < -0.39 is 29.1 Å². The number of anilines is 1. The van der Waals surface area contributed by atoms with E-state index in [4.69, 9.17) is 16.3 Å². The van der Waals surface area contributed by atoms with Gasteiger partial charge in [-0.15, -0.1) is 0 Å². The van der Waals surface area contributed by atoms with Crippen molar-refractivity contribution < 1.29 is 22.7 Å². The fourth-order valence-corrected chi connectivity index (χ4v) is 5.19. The number of amides is 1. The van der Waals surface area contributed by atoms with Gasteiger partial charge in [-0.25, -0.2) is 27.9 Å². The first-order chi connectivity index (χ1) is 18.9. The van der Waals surface area contributed by atoms with Gasteiger partial charge in [-0.1, -0.05) is 17.7 Å². The normalized spacial score (nSPS) is 14.6. The molecule has 1 amide bonds. The average molecular weight is 572 g/mol. The molecule has 0 aliphatic carbocycles. The van der Waals surface area contributed by atoms with Crippen molar-refractivity contribution in [2.24, 2.45) is 0 Å². The minimum atomic E-state index is -1.02. The van der Waals surface area contributed by atoms with Crippen LogP contribution in [0.15, 0.2) is 36.5 Å². The first-order valence-corrected chi connectivity index (χ1v) is 13.3. The van der Waals surface area contributed by atoms with Crippen LogP contribution in [0.5, 0.6) is 0 Å². The van der Waals surface area contributed by atoms with Gasteiger partial charge in [-0.3, -0.25) is 0 Å². The highest BCUT2D eigenvalue weighted by Crippen LogP contribution is 2.43. The van der Waals surface area contributed by atoms with Crippen molar-refractivity contribution in [1.29, 1.82) is 0 Å². The van der Waals surface area contributed by atoms with Gasteiger partial charge in [0.05, 0.1) is 22.3 Å². The second-order valence-corrected chi connectivity index (χ2v) is 11.3. The molecule has 2 aromatic heterocycles. The molecule has 3 heterocycles. The third kappa shape index (κ3) is 5.86. The summed E-state index contributed by atoms with van der Waals surface area (Å²) in [5, 5.41) is 3.06. The summed E-state index contributed by atoms with van der Waals surface area (Å²) in [5.74, 6) is -2.14. The van der Waals surface area contributed by atoms with E-state index in [1.807, 2.05) is 6.07 Å². The van der Waals surface area contributed by atoms with Crippen LogP contribution in [0.4, 0.5) is 23.7 Å². The van der Waals surface area contributed by atoms with Crippen molar-refractivity contribution >= 4 is 34.4 Å². The molecule has 0 spiro atoms. The summed E-state index contributed by atoms with van der Waals surface area (Å²) in [6, 6.07) is 6.65. The molecule has 4 aromatic rings. The number of piperidine rings is 1. The molecule has 2 aromatic carbocycles. The summed E-state index contributed by atoms with van der Waals surface area (Å²) in [5.41, 5.74) is 2.94. The molecule has 1 aliphatic heterocycles. The standard InChI is InChI=1S/C29H29ClF3N5O2/c1-15-9-16(11-17(31)10-15)19-14-34-26(30)24(27-36-22-12-20(32)21(33)13-23(22)37-27)25(19)38-7-5-18(6-8-38)35-28(39)40-29(2,3)4/h9-14,18H,5-8H2,1-4H3,(H,35,39)(H,36,37). The molecule has 1 aliphatic rings. The number of aryl methyl sites for hydroxylation is 1. The molecule has 40 heavy (non-hydrogen) atoms. The summed E-state index contributed by atoms with van der Waals surface area (Å²) in [6.07, 6.45) is 2.33. The van der Waals surface area contributed by atoms with E-state index in [2.05, 4.69) is 25.2 Å². The van der Waals surface area contributed by atoms with Crippen molar-refractivity contribution in [3.63, 3.8) is 0 Å². The minimum absolute atomic E-state index is 0.108. The molecule has 210 valence electrons. The molecule has 1 saturated heterocycles. The largest absolute Gasteiger partial charge is 0.444 e. The van der Waals surface area contributed by atoms with Gasteiger partial charge >= 0.3 is 6.09 Å². The number of halogens is 4. The second kappa shape index (κ2) is 10.6. The number of aromatic amines is 1. The van der Waals surface area contributed by atoms with Gasteiger partial charge < -0.3 is 19.9 Å². The van der Waals surface area contributed by atoms with Crippen LogP contribution in [0.3, 0.4) is 0 Å². The summed E-state index contributed by atoms with van der Waals surface area (Å²) in [4.78, 5) is 26.3. The van der Waals surface area contributed by atoms with Crippen molar-refractivity contribution in [1.82, 2.24) is 20.3 Å². The van der Waals surface area contributed by atoms with Crippen LogP contribution >= 0.6 is 11.6 Å². The number of benzene rings is 2. The number of fused-ring (bicyclic) bond motifs is 1. The number of H-pyrrole nitrogens is 1. The number of nitrogens with one attached hydrogen (secondary N) is 2. The van der Waals surface area contributed by atoms with Gasteiger partial charge in [-0.2, -0.15) is 0 Å². The number of aromatic nitrogens is 3. The number of nitrogens with zero attached hydrogens (tertiary/aromatic N) is 3. The molecule has 11 heteroatoms. The number of pyridine rings is 1. The number of imidazole rings is 1. The molecule has 0 unspecified atom stereocenters. The van der Waals surface area contributed by atoms with Crippen molar-refractivity contribution in [3.05, 3.63) is 64.7 Å². The zero-order valence-electron chi connectivity index (χ0n) is 22.5. The Morgan fingerprint density at radius 1 is 1.10 bits per heavy atom. The third-order valence-corrected chi connectivity index (χ3v) is 6.94. The van der Waals surface area contributed by atoms with Crippen LogP contribution in [0.1, 0.15) is 39.2 Å². The number of ether oxygens (including phenoxy) is 1. The topological polar surface area (TPSA) is 83.1 Å². The molecule has 0 atom stereocenters. The summed E-state index contributed by atoms with van der Waals surface area (Å²) in [6.45, 7) is 8.27. The molecule has 0 bridgehead atoms. The fourth-order valence-electron chi connectivity index (χ4n) is 4.97. The highest BCUT2D eigenvalue weighted by Gasteiger charge is 2.29. The minimum Gasteiger partial charge on any atom is -0.444 e. The average Bonchev–Trinajstić information content (AvgIpc) is 3.24. The SMILES string of the molecule is Cc1cc(F)cc(-c2cnc(Cl)c(-c3nc4cc(F)c(F)cc4[nH]3)c2N2CCC(NC(=O)OC(C)(C)C)CC2)c1. The monoisotopic (exact) mass is 571 g/mol. The van der Waals surface area contributed by atoms with Crippen LogP contribution in [-0.2, 0) is 4.74 Å². The Balaban J connectivity index is 1.57. The smallest absolute Gasteiger partial charge is 0.407 e. The zero-order chi connectivity index (χ0) is 28.8.